The highest BCUT2D eigenvalue weighted by atomic mass is 35.5. The fourth-order valence-corrected chi connectivity index (χ4v) is 3.20. The van der Waals surface area contributed by atoms with Crippen molar-refractivity contribution in [3.8, 4) is 11.5 Å². The van der Waals surface area contributed by atoms with Crippen molar-refractivity contribution in [2.75, 3.05) is 11.9 Å². The van der Waals surface area contributed by atoms with E-state index in [2.05, 4.69) is 10.3 Å². The number of benzene rings is 3. The van der Waals surface area contributed by atoms with E-state index in [0.29, 0.717) is 44.9 Å². The van der Waals surface area contributed by atoms with Crippen LogP contribution in [0.1, 0.15) is 5.56 Å². The average molecular weight is 427 g/mol. The van der Waals surface area contributed by atoms with Gasteiger partial charge in [-0.05, 0) is 35.9 Å². The first-order chi connectivity index (χ1) is 14.1. The minimum atomic E-state index is -0.248. The Bertz CT molecular complexity index is 1160. The van der Waals surface area contributed by atoms with Gasteiger partial charge in [0.1, 0.15) is 12.1 Å². The zero-order valence-electron chi connectivity index (χ0n) is 15.2. The number of carbonyl (C=O) groups excluding carboxylic acids is 1. The molecule has 5 nitrogen and oxygen atoms in total. The molecule has 1 aromatic heterocycles. The normalized spacial score (nSPS) is 11.0. The summed E-state index contributed by atoms with van der Waals surface area (Å²) in [6.07, 6.45) is 0. The molecule has 0 bridgehead atoms. The van der Waals surface area contributed by atoms with Gasteiger partial charge in [-0.1, -0.05) is 59.6 Å². The van der Waals surface area contributed by atoms with Crippen molar-refractivity contribution in [2.24, 2.45) is 0 Å². The molecule has 0 saturated heterocycles. The van der Waals surface area contributed by atoms with Gasteiger partial charge in [-0.2, -0.15) is 0 Å². The van der Waals surface area contributed by atoms with Gasteiger partial charge < -0.3 is 14.5 Å². The van der Waals surface area contributed by atoms with Gasteiger partial charge in [0.2, 0.25) is 11.8 Å². The van der Waals surface area contributed by atoms with Crippen LogP contribution in [0.5, 0.6) is 0 Å². The molecule has 0 spiro atoms. The molecule has 4 aromatic rings. The molecule has 3 aromatic carbocycles. The smallest absolute Gasteiger partial charge is 0.250 e. The first-order valence-electron chi connectivity index (χ1n) is 8.86. The van der Waals surface area contributed by atoms with E-state index in [-0.39, 0.29) is 12.5 Å². The van der Waals surface area contributed by atoms with Gasteiger partial charge in [0.05, 0.1) is 22.2 Å². The molecule has 0 fully saturated rings. The molecule has 1 N–H and O–H groups in total. The van der Waals surface area contributed by atoms with Crippen molar-refractivity contribution in [2.45, 2.75) is 6.61 Å². The van der Waals surface area contributed by atoms with Crippen LogP contribution in [0.3, 0.4) is 0 Å². The molecule has 1 heterocycles. The summed E-state index contributed by atoms with van der Waals surface area (Å²) in [6.45, 7) is 0.329. The first-order valence-corrected chi connectivity index (χ1v) is 9.62. The maximum atomic E-state index is 12.1. The quantitative estimate of drug-likeness (QED) is 0.413. The van der Waals surface area contributed by atoms with Crippen molar-refractivity contribution < 1.29 is 13.9 Å². The predicted octanol–water partition coefficient (Wildman–Crippen LogP) is 5.96. The first kappa shape index (κ1) is 19.5. The summed E-state index contributed by atoms with van der Waals surface area (Å²) in [6, 6.07) is 20.1. The number of ether oxygens (including phenoxy) is 1. The fraction of sp³-hybridized carbons (Fsp3) is 0.0909. The molecule has 7 heteroatoms. The monoisotopic (exact) mass is 426 g/mol. The van der Waals surface area contributed by atoms with Crippen LogP contribution in [0.2, 0.25) is 10.0 Å². The third-order valence-electron chi connectivity index (χ3n) is 4.20. The molecule has 0 radical (unpaired) electrons. The lowest BCUT2D eigenvalue weighted by atomic mass is 10.2. The van der Waals surface area contributed by atoms with Crippen LogP contribution in [0.25, 0.3) is 22.6 Å². The molecule has 29 heavy (non-hydrogen) atoms. The molecule has 0 aliphatic heterocycles. The zero-order valence-corrected chi connectivity index (χ0v) is 16.7. The van der Waals surface area contributed by atoms with Gasteiger partial charge in [0, 0.05) is 5.69 Å². The van der Waals surface area contributed by atoms with Gasteiger partial charge in [0.15, 0.2) is 5.58 Å². The number of nitrogens with one attached hydrogen (secondary N) is 1. The highest BCUT2D eigenvalue weighted by Gasteiger charge is 2.14. The van der Waals surface area contributed by atoms with Crippen molar-refractivity contribution in [3.05, 3.63) is 82.3 Å². The van der Waals surface area contributed by atoms with Crippen LogP contribution in [0.4, 0.5) is 5.69 Å². The molecule has 0 saturated carbocycles. The van der Waals surface area contributed by atoms with E-state index < -0.39 is 0 Å². The fourth-order valence-electron chi connectivity index (χ4n) is 2.82. The Morgan fingerprint density at radius 2 is 1.86 bits per heavy atom. The van der Waals surface area contributed by atoms with E-state index in [1.54, 1.807) is 36.4 Å². The lowest BCUT2D eigenvalue weighted by molar-refractivity contribution is -0.121. The highest BCUT2D eigenvalue weighted by molar-refractivity contribution is 6.43. The number of nitrogens with zero attached hydrogens (tertiary/aromatic N) is 1. The predicted molar refractivity (Wildman–Crippen MR) is 114 cm³/mol. The van der Waals surface area contributed by atoms with Crippen molar-refractivity contribution in [3.63, 3.8) is 0 Å². The van der Waals surface area contributed by atoms with E-state index in [0.717, 1.165) is 5.56 Å². The van der Waals surface area contributed by atoms with Gasteiger partial charge in [0.25, 0.3) is 0 Å². The third kappa shape index (κ3) is 4.59. The second kappa shape index (κ2) is 8.66. The number of fused-ring (bicyclic) bond motifs is 1. The second-order valence-corrected chi connectivity index (χ2v) is 7.11. The van der Waals surface area contributed by atoms with Crippen LogP contribution in [-0.4, -0.2) is 17.5 Å². The topological polar surface area (TPSA) is 64.4 Å². The lowest BCUT2D eigenvalue weighted by Gasteiger charge is -2.06. The molecule has 0 unspecified atom stereocenters. The summed E-state index contributed by atoms with van der Waals surface area (Å²) in [7, 11) is 0. The number of anilines is 1. The minimum absolute atomic E-state index is 0.0465. The van der Waals surface area contributed by atoms with Gasteiger partial charge in [-0.15, -0.1) is 0 Å². The van der Waals surface area contributed by atoms with Crippen molar-refractivity contribution in [1.29, 1.82) is 0 Å². The van der Waals surface area contributed by atoms with Gasteiger partial charge in [-0.3, -0.25) is 4.79 Å². The number of halogens is 2. The molecular formula is C22H16Cl2N2O3. The number of amides is 1. The zero-order chi connectivity index (χ0) is 20.2. The van der Waals surface area contributed by atoms with E-state index in [1.807, 2.05) is 30.3 Å². The number of hydrogen-bond acceptors (Lipinski definition) is 4. The summed E-state index contributed by atoms with van der Waals surface area (Å²) in [5.41, 5.74) is 3.39. The van der Waals surface area contributed by atoms with E-state index in [1.165, 1.54) is 0 Å². The highest BCUT2D eigenvalue weighted by Crippen LogP contribution is 2.34. The van der Waals surface area contributed by atoms with Crippen molar-refractivity contribution in [1.82, 2.24) is 4.98 Å². The Hall–Kier alpha value is -2.86. The average Bonchev–Trinajstić information content (AvgIpc) is 3.14. The standard InChI is InChI=1S/C22H16Cl2N2O3/c23-17-8-4-7-16(21(17)24)22-26-18-11-15(9-10-19(18)29-22)25-20(27)13-28-12-14-5-2-1-3-6-14/h1-11H,12-13H2,(H,25,27). The van der Waals surface area contributed by atoms with Crippen LogP contribution in [0.15, 0.2) is 71.1 Å². The maximum Gasteiger partial charge on any atom is 0.250 e. The molecule has 0 aliphatic carbocycles. The number of oxazole rings is 1. The molecule has 4 rings (SSSR count). The molecule has 146 valence electrons. The van der Waals surface area contributed by atoms with Gasteiger partial charge in [-0.25, -0.2) is 4.98 Å². The molecule has 0 aliphatic rings. The largest absolute Gasteiger partial charge is 0.436 e. The number of rotatable bonds is 6. The molecular weight excluding hydrogens is 411 g/mol. The van der Waals surface area contributed by atoms with Gasteiger partial charge >= 0.3 is 0 Å². The third-order valence-corrected chi connectivity index (χ3v) is 5.02. The summed E-state index contributed by atoms with van der Waals surface area (Å²) in [5.74, 6) is 0.115. The Morgan fingerprint density at radius 3 is 2.69 bits per heavy atom. The summed E-state index contributed by atoms with van der Waals surface area (Å²) < 4.78 is 11.2. The summed E-state index contributed by atoms with van der Waals surface area (Å²) in [5, 5.41) is 3.60. The second-order valence-electron chi connectivity index (χ2n) is 6.33. The summed E-state index contributed by atoms with van der Waals surface area (Å²) in [4.78, 5) is 16.6. The Morgan fingerprint density at radius 1 is 1.03 bits per heavy atom. The van der Waals surface area contributed by atoms with Crippen LogP contribution < -0.4 is 5.32 Å². The van der Waals surface area contributed by atoms with Crippen LogP contribution in [-0.2, 0) is 16.1 Å². The summed E-state index contributed by atoms with van der Waals surface area (Å²) >= 11 is 12.3. The van der Waals surface area contributed by atoms with Crippen LogP contribution in [0, 0.1) is 0 Å². The van der Waals surface area contributed by atoms with Crippen molar-refractivity contribution >= 4 is 45.9 Å². The number of aromatic nitrogens is 1. The van der Waals surface area contributed by atoms with E-state index >= 15 is 0 Å². The molecule has 0 atom stereocenters. The minimum Gasteiger partial charge on any atom is -0.436 e. The van der Waals surface area contributed by atoms with E-state index in [9.17, 15) is 4.79 Å². The number of hydrogen-bond donors (Lipinski definition) is 1. The Labute approximate surface area is 177 Å². The number of carbonyl (C=O) groups is 1. The molecule has 1 amide bonds. The Balaban J connectivity index is 1.43. The Kier molecular flexibility index (Phi) is 5.81. The van der Waals surface area contributed by atoms with E-state index in [4.69, 9.17) is 32.4 Å². The SMILES string of the molecule is O=C(COCc1ccccc1)Nc1ccc2oc(-c3cccc(Cl)c3Cl)nc2c1. The maximum absolute atomic E-state index is 12.1. The lowest BCUT2D eigenvalue weighted by Crippen LogP contribution is -2.18. The van der Waals surface area contributed by atoms with Crippen LogP contribution >= 0.6 is 23.2 Å².